The number of benzene rings is 3. The first-order valence-corrected chi connectivity index (χ1v) is 13.4. The number of carbonyl (C=O) groups excluding carboxylic acids is 1. The van der Waals surface area contributed by atoms with Gasteiger partial charge in [0.1, 0.15) is 12.4 Å². The van der Waals surface area contributed by atoms with Gasteiger partial charge in [-0.3, -0.25) is 9.52 Å². The van der Waals surface area contributed by atoms with E-state index in [4.69, 9.17) is 16.3 Å². The molecule has 3 aromatic carbocycles. The number of thiophene rings is 1. The minimum absolute atomic E-state index is 0.265. The number of carbonyl (C=O) groups is 1. The molecule has 1 amide bonds. The van der Waals surface area contributed by atoms with Crippen LogP contribution < -0.4 is 14.8 Å². The fraction of sp³-hybridized carbons (Fsp3) is 0.0800. The summed E-state index contributed by atoms with van der Waals surface area (Å²) in [5.74, 6) is 0.397. The van der Waals surface area contributed by atoms with Crippen molar-refractivity contribution >= 4 is 50.2 Å². The van der Waals surface area contributed by atoms with Crippen LogP contribution in [0.1, 0.15) is 15.2 Å². The average molecular weight is 513 g/mol. The number of sulfonamides is 1. The van der Waals surface area contributed by atoms with E-state index in [2.05, 4.69) is 10.0 Å². The van der Waals surface area contributed by atoms with Gasteiger partial charge in [-0.1, -0.05) is 60.1 Å². The number of hydrogen-bond acceptors (Lipinski definition) is 5. The summed E-state index contributed by atoms with van der Waals surface area (Å²) in [5, 5.41) is 4.96. The Hall–Kier alpha value is -3.33. The number of para-hydroxylation sites is 1. The van der Waals surface area contributed by atoms with Crippen LogP contribution >= 0.6 is 22.9 Å². The van der Waals surface area contributed by atoms with Gasteiger partial charge in [0.25, 0.3) is 5.91 Å². The highest BCUT2D eigenvalue weighted by Gasteiger charge is 2.14. The van der Waals surface area contributed by atoms with Gasteiger partial charge < -0.3 is 10.1 Å². The first-order valence-electron chi connectivity index (χ1n) is 10.2. The molecule has 2 N–H and O–H groups in total. The van der Waals surface area contributed by atoms with Crippen molar-refractivity contribution in [3.63, 3.8) is 0 Å². The van der Waals surface area contributed by atoms with Gasteiger partial charge in [0.15, 0.2) is 0 Å². The molecule has 0 atom stereocenters. The standard InChI is InChI=1S/C25H21ClN2O4S2/c1-34(30,31)28-21-13-19(26)12-20(14-21)27-25(29)24-11-18(16-33-24)22-9-5-6-10-23(22)32-15-17-7-3-2-4-8-17/h2-14,16,28H,15H2,1H3,(H,27,29). The van der Waals surface area contributed by atoms with Gasteiger partial charge >= 0.3 is 0 Å². The Labute approximate surface area is 207 Å². The molecule has 4 aromatic rings. The summed E-state index contributed by atoms with van der Waals surface area (Å²) in [7, 11) is -3.48. The lowest BCUT2D eigenvalue weighted by molar-refractivity contribution is 0.103. The van der Waals surface area contributed by atoms with Crippen molar-refractivity contribution in [2.24, 2.45) is 0 Å². The van der Waals surface area contributed by atoms with E-state index >= 15 is 0 Å². The maximum absolute atomic E-state index is 12.8. The Bertz CT molecular complexity index is 1420. The molecule has 0 aliphatic carbocycles. The van der Waals surface area contributed by atoms with E-state index in [0.29, 0.717) is 22.2 Å². The highest BCUT2D eigenvalue weighted by Crippen LogP contribution is 2.34. The normalized spacial score (nSPS) is 11.1. The van der Waals surface area contributed by atoms with E-state index in [1.165, 1.54) is 23.5 Å². The minimum atomic E-state index is -3.48. The molecule has 0 radical (unpaired) electrons. The lowest BCUT2D eigenvalue weighted by Gasteiger charge is -2.11. The molecular weight excluding hydrogens is 492 g/mol. The van der Waals surface area contributed by atoms with Crippen LogP contribution in [0.4, 0.5) is 11.4 Å². The molecule has 0 saturated carbocycles. The Morgan fingerprint density at radius 1 is 0.971 bits per heavy atom. The Morgan fingerprint density at radius 3 is 2.44 bits per heavy atom. The van der Waals surface area contributed by atoms with Crippen LogP contribution in [0.25, 0.3) is 11.1 Å². The molecule has 9 heteroatoms. The molecule has 34 heavy (non-hydrogen) atoms. The number of ether oxygens (including phenoxy) is 1. The SMILES string of the molecule is CS(=O)(=O)Nc1cc(Cl)cc(NC(=O)c2cc(-c3ccccc3OCc3ccccc3)cs2)c1. The van der Waals surface area contributed by atoms with Crippen LogP contribution in [0.2, 0.25) is 5.02 Å². The number of nitrogens with one attached hydrogen (secondary N) is 2. The third kappa shape index (κ3) is 6.38. The molecule has 0 spiro atoms. The van der Waals surface area contributed by atoms with E-state index in [1.807, 2.05) is 60.0 Å². The van der Waals surface area contributed by atoms with Crippen LogP contribution in [0.15, 0.2) is 84.2 Å². The molecule has 0 bridgehead atoms. The van der Waals surface area contributed by atoms with Crippen molar-refractivity contribution in [1.29, 1.82) is 0 Å². The van der Waals surface area contributed by atoms with Crippen LogP contribution in [0, 0.1) is 0 Å². The molecule has 0 aliphatic heterocycles. The summed E-state index contributed by atoms with van der Waals surface area (Å²) >= 11 is 7.39. The number of amides is 1. The summed E-state index contributed by atoms with van der Waals surface area (Å²) in [4.78, 5) is 13.3. The fourth-order valence-corrected chi connectivity index (χ4v) is 4.87. The number of halogens is 1. The van der Waals surface area contributed by atoms with Gasteiger partial charge in [-0.25, -0.2) is 8.42 Å². The van der Waals surface area contributed by atoms with E-state index in [1.54, 1.807) is 12.1 Å². The highest BCUT2D eigenvalue weighted by atomic mass is 35.5. The summed E-state index contributed by atoms with van der Waals surface area (Å²) in [6.07, 6.45) is 1.04. The zero-order valence-corrected chi connectivity index (χ0v) is 20.5. The summed E-state index contributed by atoms with van der Waals surface area (Å²) in [6, 6.07) is 23.9. The third-order valence-electron chi connectivity index (χ3n) is 4.72. The topological polar surface area (TPSA) is 84.5 Å². The lowest BCUT2D eigenvalue weighted by atomic mass is 10.1. The Balaban J connectivity index is 1.50. The van der Waals surface area contributed by atoms with Crippen molar-refractivity contribution in [2.75, 3.05) is 16.3 Å². The molecule has 6 nitrogen and oxygen atoms in total. The van der Waals surface area contributed by atoms with Crippen LogP contribution in [0.5, 0.6) is 5.75 Å². The minimum Gasteiger partial charge on any atom is -0.488 e. The molecule has 0 saturated heterocycles. The van der Waals surface area contributed by atoms with Crippen molar-refractivity contribution in [3.05, 3.63) is 99.7 Å². The third-order valence-corrected chi connectivity index (χ3v) is 6.47. The largest absolute Gasteiger partial charge is 0.488 e. The second-order valence-corrected chi connectivity index (χ2v) is 10.6. The lowest BCUT2D eigenvalue weighted by Crippen LogP contribution is -2.12. The summed E-state index contributed by atoms with van der Waals surface area (Å²) in [6.45, 7) is 0.438. The fourth-order valence-electron chi connectivity index (χ4n) is 3.29. The van der Waals surface area contributed by atoms with Crippen molar-refractivity contribution in [3.8, 4) is 16.9 Å². The molecule has 0 unspecified atom stereocenters. The molecule has 4 rings (SSSR count). The predicted octanol–water partition coefficient (Wildman–Crippen LogP) is 6.27. The van der Waals surface area contributed by atoms with Gasteiger partial charge in [0, 0.05) is 16.3 Å². The van der Waals surface area contributed by atoms with Gasteiger partial charge in [-0.15, -0.1) is 11.3 Å². The van der Waals surface area contributed by atoms with Crippen molar-refractivity contribution in [1.82, 2.24) is 0 Å². The zero-order chi connectivity index (χ0) is 24.1. The maximum atomic E-state index is 12.8. The molecular formula is C25H21ClN2O4S2. The smallest absolute Gasteiger partial charge is 0.265 e. The summed E-state index contributed by atoms with van der Waals surface area (Å²) in [5.41, 5.74) is 3.46. The van der Waals surface area contributed by atoms with E-state index in [-0.39, 0.29) is 11.6 Å². The first kappa shape index (κ1) is 23.8. The average Bonchev–Trinajstić information content (AvgIpc) is 3.27. The van der Waals surface area contributed by atoms with Crippen LogP contribution in [-0.4, -0.2) is 20.6 Å². The van der Waals surface area contributed by atoms with Gasteiger partial charge in [0.2, 0.25) is 10.0 Å². The zero-order valence-electron chi connectivity index (χ0n) is 18.1. The number of anilines is 2. The van der Waals surface area contributed by atoms with Crippen molar-refractivity contribution in [2.45, 2.75) is 6.61 Å². The first-order chi connectivity index (χ1) is 16.3. The molecule has 0 fully saturated rings. The molecule has 1 aromatic heterocycles. The van der Waals surface area contributed by atoms with E-state index in [0.717, 1.165) is 28.7 Å². The van der Waals surface area contributed by atoms with Crippen molar-refractivity contribution < 1.29 is 17.9 Å². The molecule has 1 heterocycles. The van der Waals surface area contributed by atoms with Crippen LogP contribution in [-0.2, 0) is 16.6 Å². The Kier molecular flexibility index (Phi) is 7.21. The van der Waals surface area contributed by atoms with Crippen LogP contribution in [0.3, 0.4) is 0 Å². The van der Waals surface area contributed by atoms with Gasteiger partial charge in [-0.2, -0.15) is 0 Å². The highest BCUT2D eigenvalue weighted by molar-refractivity contribution is 7.92. The van der Waals surface area contributed by atoms with Gasteiger partial charge in [-0.05, 0) is 46.8 Å². The maximum Gasteiger partial charge on any atom is 0.265 e. The second kappa shape index (κ2) is 10.3. The van der Waals surface area contributed by atoms with E-state index in [9.17, 15) is 13.2 Å². The Morgan fingerprint density at radius 2 is 1.68 bits per heavy atom. The number of rotatable bonds is 8. The quantitative estimate of drug-likeness (QED) is 0.291. The van der Waals surface area contributed by atoms with Gasteiger partial charge in [0.05, 0.1) is 16.8 Å². The number of hydrogen-bond donors (Lipinski definition) is 2. The predicted molar refractivity (Wildman–Crippen MR) is 138 cm³/mol. The second-order valence-electron chi connectivity index (χ2n) is 7.53. The monoisotopic (exact) mass is 512 g/mol. The van der Waals surface area contributed by atoms with E-state index < -0.39 is 10.0 Å². The molecule has 0 aliphatic rings. The summed E-state index contributed by atoms with van der Waals surface area (Å²) < 4.78 is 31.4. The molecule has 174 valence electrons.